The maximum Gasteiger partial charge on any atom is 0.132 e. The molecule has 0 atom stereocenters. The molecule has 0 saturated heterocycles. The molecule has 1 rings (SSSR count). The van der Waals surface area contributed by atoms with Gasteiger partial charge in [0.25, 0.3) is 0 Å². The maximum atomic E-state index is 2.23. The number of rotatable bonds is 2. The standard InChI is InChI=1S/C12H20N/c1-10(2)11-6-8-12(9-7-11)13(3,4)5/h6-10H,1-5H3/q+1. The first-order chi connectivity index (χ1) is 5.91. The average Bonchev–Trinajstić information content (AvgIpc) is 2.03. The van der Waals surface area contributed by atoms with Crippen LogP contribution in [0.2, 0.25) is 0 Å². The van der Waals surface area contributed by atoms with Crippen LogP contribution in [0.5, 0.6) is 0 Å². The van der Waals surface area contributed by atoms with Gasteiger partial charge in [-0.1, -0.05) is 26.0 Å². The zero-order valence-corrected chi connectivity index (χ0v) is 9.33. The van der Waals surface area contributed by atoms with Gasteiger partial charge in [0.15, 0.2) is 0 Å². The third-order valence-electron chi connectivity index (χ3n) is 2.33. The summed E-state index contributed by atoms with van der Waals surface area (Å²) in [6.45, 7) is 4.45. The Kier molecular flexibility index (Phi) is 2.77. The normalized spacial score (nSPS) is 12.2. The van der Waals surface area contributed by atoms with Gasteiger partial charge in [-0.2, -0.15) is 0 Å². The summed E-state index contributed by atoms with van der Waals surface area (Å²) in [4.78, 5) is 0. The van der Waals surface area contributed by atoms with E-state index in [2.05, 4.69) is 59.3 Å². The van der Waals surface area contributed by atoms with Gasteiger partial charge < -0.3 is 0 Å². The Morgan fingerprint density at radius 1 is 0.923 bits per heavy atom. The van der Waals surface area contributed by atoms with Gasteiger partial charge in [-0.25, -0.2) is 0 Å². The highest BCUT2D eigenvalue weighted by Gasteiger charge is 2.11. The topological polar surface area (TPSA) is 0 Å². The highest BCUT2D eigenvalue weighted by molar-refractivity contribution is 5.43. The molecule has 0 fully saturated rings. The molecule has 0 unspecified atom stereocenters. The molecule has 1 aromatic rings. The van der Waals surface area contributed by atoms with Gasteiger partial charge in [-0.15, -0.1) is 0 Å². The maximum absolute atomic E-state index is 2.23. The molecule has 0 aliphatic carbocycles. The molecular weight excluding hydrogens is 158 g/mol. The van der Waals surface area contributed by atoms with E-state index in [9.17, 15) is 0 Å². The van der Waals surface area contributed by atoms with Crippen molar-refractivity contribution >= 4 is 5.69 Å². The highest BCUT2D eigenvalue weighted by Crippen LogP contribution is 2.21. The first-order valence-corrected chi connectivity index (χ1v) is 4.83. The first kappa shape index (κ1) is 10.3. The van der Waals surface area contributed by atoms with Gasteiger partial charge in [0, 0.05) is 0 Å². The summed E-state index contributed by atoms with van der Waals surface area (Å²) >= 11 is 0. The highest BCUT2D eigenvalue weighted by atomic mass is 15.3. The molecule has 0 aliphatic rings. The Morgan fingerprint density at radius 3 is 1.69 bits per heavy atom. The van der Waals surface area contributed by atoms with E-state index < -0.39 is 0 Å². The van der Waals surface area contributed by atoms with Gasteiger partial charge in [-0.3, -0.25) is 4.48 Å². The third-order valence-corrected chi connectivity index (χ3v) is 2.33. The van der Waals surface area contributed by atoms with Gasteiger partial charge in [0.05, 0.1) is 21.1 Å². The van der Waals surface area contributed by atoms with E-state index in [1.807, 2.05) is 0 Å². The Morgan fingerprint density at radius 2 is 1.38 bits per heavy atom. The molecule has 0 aliphatic heterocycles. The van der Waals surface area contributed by atoms with Crippen LogP contribution in [0, 0.1) is 0 Å². The number of hydrogen-bond donors (Lipinski definition) is 0. The lowest BCUT2D eigenvalue weighted by molar-refractivity contribution is 0.486. The van der Waals surface area contributed by atoms with E-state index in [1.165, 1.54) is 11.3 Å². The minimum atomic E-state index is 0.626. The van der Waals surface area contributed by atoms with Gasteiger partial charge in [0.1, 0.15) is 5.69 Å². The number of hydrogen-bond acceptors (Lipinski definition) is 0. The van der Waals surface area contributed by atoms with Crippen LogP contribution in [0.4, 0.5) is 5.69 Å². The molecule has 1 heteroatoms. The Labute approximate surface area is 81.6 Å². The summed E-state index contributed by atoms with van der Waals surface area (Å²) in [5.41, 5.74) is 2.77. The number of benzene rings is 1. The molecule has 0 spiro atoms. The van der Waals surface area contributed by atoms with Gasteiger partial charge in [0.2, 0.25) is 0 Å². The van der Waals surface area contributed by atoms with E-state index >= 15 is 0 Å². The van der Waals surface area contributed by atoms with Crippen molar-refractivity contribution in [1.82, 2.24) is 4.48 Å². The molecule has 1 nitrogen and oxygen atoms in total. The van der Waals surface area contributed by atoms with Crippen molar-refractivity contribution in [2.24, 2.45) is 0 Å². The van der Waals surface area contributed by atoms with E-state index in [0.717, 1.165) is 4.48 Å². The summed E-state index contributed by atoms with van der Waals surface area (Å²) in [7, 11) is 6.55. The predicted molar refractivity (Wildman–Crippen MR) is 60.1 cm³/mol. The molecule has 0 radical (unpaired) electrons. The summed E-state index contributed by atoms with van der Waals surface area (Å²) in [5.74, 6) is 0.626. The monoisotopic (exact) mass is 178 g/mol. The predicted octanol–water partition coefficient (Wildman–Crippen LogP) is 3.01. The van der Waals surface area contributed by atoms with Crippen molar-refractivity contribution in [3.8, 4) is 0 Å². The van der Waals surface area contributed by atoms with Crippen molar-refractivity contribution in [2.75, 3.05) is 21.1 Å². The van der Waals surface area contributed by atoms with Crippen LogP contribution in [-0.2, 0) is 0 Å². The smallest absolute Gasteiger partial charge is 0.132 e. The van der Waals surface area contributed by atoms with Crippen LogP contribution in [0.25, 0.3) is 0 Å². The average molecular weight is 178 g/mol. The SMILES string of the molecule is CC(C)c1ccc([N+](C)(C)C)cc1. The first-order valence-electron chi connectivity index (χ1n) is 4.83. The molecule has 1 aromatic carbocycles. The second-order valence-electron chi connectivity index (χ2n) is 4.76. The van der Waals surface area contributed by atoms with Gasteiger partial charge in [-0.05, 0) is 23.6 Å². The van der Waals surface area contributed by atoms with Crippen molar-refractivity contribution in [1.29, 1.82) is 0 Å². The number of nitrogens with zero attached hydrogens (tertiary/aromatic N) is 1. The van der Waals surface area contributed by atoms with Gasteiger partial charge >= 0.3 is 0 Å². The number of quaternary nitrogens is 1. The molecule has 0 heterocycles. The van der Waals surface area contributed by atoms with Crippen LogP contribution < -0.4 is 4.48 Å². The van der Waals surface area contributed by atoms with Crippen molar-refractivity contribution < 1.29 is 0 Å². The quantitative estimate of drug-likeness (QED) is 0.611. The van der Waals surface area contributed by atoms with E-state index in [0.29, 0.717) is 5.92 Å². The molecule has 72 valence electrons. The zero-order valence-electron chi connectivity index (χ0n) is 9.33. The lowest BCUT2D eigenvalue weighted by Crippen LogP contribution is -2.34. The van der Waals surface area contributed by atoms with Crippen LogP contribution in [0.1, 0.15) is 25.3 Å². The minimum Gasteiger partial charge on any atom is -0.298 e. The lowest BCUT2D eigenvalue weighted by Gasteiger charge is -2.23. The molecule has 0 bridgehead atoms. The fraction of sp³-hybridized carbons (Fsp3) is 0.500. The van der Waals surface area contributed by atoms with Crippen molar-refractivity contribution in [3.05, 3.63) is 29.8 Å². The van der Waals surface area contributed by atoms with E-state index in [1.54, 1.807) is 0 Å². The van der Waals surface area contributed by atoms with Crippen molar-refractivity contribution in [2.45, 2.75) is 19.8 Å². The second kappa shape index (κ2) is 3.51. The van der Waals surface area contributed by atoms with Crippen LogP contribution in [0.3, 0.4) is 0 Å². The third kappa shape index (κ3) is 2.56. The second-order valence-corrected chi connectivity index (χ2v) is 4.76. The molecule has 0 saturated carbocycles. The van der Waals surface area contributed by atoms with Crippen molar-refractivity contribution in [3.63, 3.8) is 0 Å². The molecule has 0 N–H and O–H groups in total. The van der Waals surface area contributed by atoms with Crippen LogP contribution >= 0.6 is 0 Å². The summed E-state index contributed by atoms with van der Waals surface area (Å²) < 4.78 is 0.887. The molecule has 0 amide bonds. The fourth-order valence-electron chi connectivity index (χ4n) is 1.31. The zero-order chi connectivity index (χ0) is 10.1. The van der Waals surface area contributed by atoms with Crippen LogP contribution in [0.15, 0.2) is 24.3 Å². The van der Waals surface area contributed by atoms with Crippen LogP contribution in [-0.4, -0.2) is 21.1 Å². The largest absolute Gasteiger partial charge is 0.298 e. The summed E-state index contributed by atoms with van der Waals surface area (Å²) in [5, 5.41) is 0. The summed E-state index contributed by atoms with van der Waals surface area (Å²) in [6, 6.07) is 8.89. The Hall–Kier alpha value is -0.820. The Bertz CT molecular complexity index is 264. The lowest BCUT2D eigenvalue weighted by atomic mass is 10.0. The fourth-order valence-corrected chi connectivity index (χ4v) is 1.31. The Balaban J connectivity index is 2.94. The molecular formula is C12H20N+. The molecule has 0 aromatic heterocycles. The summed E-state index contributed by atoms with van der Waals surface area (Å²) in [6.07, 6.45) is 0. The minimum absolute atomic E-state index is 0.626. The molecule has 13 heavy (non-hydrogen) atoms. The van der Waals surface area contributed by atoms with E-state index in [4.69, 9.17) is 0 Å². The van der Waals surface area contributed by atoms with E-state index in [-0.39, 0.29) is 0 Å².